The summed E-state index contributed by atoms with van der Waals surface area (Å²) in [6.07, 6.45) is -7.22. The van der Waals surface area contributed by atoms with E-state index in [1.54, 1.807) is 5.32 Å². The maximum absolute atomic E-state index is 12.6. The van der Waals surface area contributed by atoms with Gasteiger partial charge in [0.2, 0.25) is 5.91 Å². The standard InChI is InChI=1S/C7H7BF6NO.K/c9-7(10,11)6-1-5(2-6,8(12,13)14)3-15-4(6)16;/h1-3H2,(H,15,16);/q-1;+1. The summed E-state index contributed by atoms with van der Waals surface area (Å²) < 4.78 is 75.4. The number of hydrogen-bond donors (Lipinski definition) is 1. The van der Waals surface area contributed by atoms with Crippen molar-refractivity contribution < 1.29 is 82.3 Å². The number of hydrogen-bond acceptors (Lipinski definition) is 1. The van der Waals surface area contributed by atoms with Crippen LogP contribution in [0.2, 0.25) is 5.31 Å². The van der Waals surface area contributed by atoms with Crippen LogP contribution in [0.25, 0.3) is 0 Å². The van der Waals surface area contributed by atoms with E-state index in [1.807, 2.05) is 0 Å². The van der Waals surface area contributed by atoms with Gasteiger partial charge in [-0.15, -0.1) is 0 Å². The Morgan fingerprint density at radius 3 is 2.00 bits per heavy atom. The topological polar surface area (TPSA) is 29.1 Å². The molecule has 1 N–H and O–H groups in total. The van der Waals surface area contributed by atoms with Crippen LogP contribution < -0.4 is 56.7 Å². The molecular formula is C7H7BF6KNO. The molecule has 17 heavy (non-hydrogen) atoms. The van der Waals surface area contributed by atoms with Gasteiger partial charge in [-0.3, -0.25) is 4.79 Å². The normalized spacial score (nSPS) is 36.7. The second-order valence-electron chi connectivity index (χ2n) is 4.55. The third-order valence-electron chi connectivity index (χ3n) is 3.58. The summed E-state index contributed by atoms with van der Waals surface area (Å²) in [4.78, 5) is 11.1. The minimum Gasteiger partial charge on any atom is -0.448 e. The van der Waals surface area contributed by atoms with Gasteiger partial charge in [0.25, 0.3) is 0 Å². The van der Waals surface area contributed by atoms with Crippen molar-refractivity contribution in [3.05, 3.63) is 0 Å². The molecule has 1 saturated carbocycles. The Kier molecular flexibility index (Phi) is 3.83. The van der Waals surface area contributed by atoms with Crippen LogP contribution >= 0.6 is 0 Å². The van der Waals surface area contributed by atoms with E-state index in [1.165, 1.54) is 0 Å². The van der Waals surface area contributed by atoms with Gasteiger partial charge >= 0.3 is 64.5 Å². The summed E-state index contributed by atoms with van der Waals surface area (Å²) in [5.41, 5.74) is -2.82. The Hall–Kier alpha value is 0.751. The van der Waals surface area contributed by atoms with Crippen LogP contribution in [0.1, 0.15) is 12.8 Å². The Morgan fingerprint density at radius 1 is 1.18 bits per heavy atom. The number of carbonyl (C=O) groups is 1. The van der Waals surface area contributed by atoms with Crippen LogP contribution in [-0.4, -0.2) is 25.6 Å². The Labute approximate surface area is 135 Å². The van der Waals surface area contributed by atoms with E-state index in [0.717, 1.165) is 0 Å². The maximum atomic E-state index is 12.6. The van der Waals surface area contributed by atoms with Crippen LogP contribution in [0.3, 0.4) is 0 Å². The molecule has 3 fully saturated rings. The van der Waals surface area contributed by atoms with Crippen LogP contribution in [0.5, 0.6) is 0 Å². The van der Waals surface area contributed by atoms with E-state index in [4.69, 9.17) is 0 Å². The van der Waals surface area contributed by atoms with Crippen molar-refractivity contribution in [2.45, 2.75) is 24.3 Å². The summed E-state index contributed by atoms with van der Waals surface area (Å²) in [5, 5.41) is -0.617. The second kappa shape index (κ2) is 4.12. The summed E-state index contributed by atoms with van der Waals surface area (Å²) >= 11 is 0. The maximum Gasteiger partial charge on any atom is 1.00 e. The smallest absolute Gasteiger partial charge is 0.448 e. The van der Waals surface area contributed by atoms with Crippen molar-refractivity contribution in [3.63, 3.8) is 0 Å². The van der Waals surface area contributed by atoms with Gasteiger partial charge in [0.15, 0.2) is 0 Å². The number of piperidine rings is 2. The minimum absolute atomic E-state index is 0. The summed E-state index contributed by atoms with van der Waals surface area (Å²) in [7, 11) is 0. The quantitative estimate of drug-likeness (QED) is 0.488. The molecule has 0 spiro atoms. The molecule has 2 heterocycles. The molecule has 10 heteroatoms. The molecule has 3 rings (SSSR count). The minimum atomic E-state index is -5.38. The number of carbonyl (C=O) groups excluding carboxylic acids is 1. The molecule has 2 nitrogen and oxygen atoms in total. The Bertz CT molecular complexity index is 347. The van der Waals surface area contributed by atoms with Gasteiger partial charge in [-0.05, 0) is 24.7 Å². The van der Waals surface area contributed by atoms with E-state index in [0.29, 0.717) is 0 Å². The number of alkyl halides is 3. The van der Waals surface area contributed by atoms with Crippen molar-refractivity contribution in [3.8, 4) is 0 Å². The molecule has 0 aromatic rings. The Balaban J connectivity index is 0.00000144. The van der Waals surface area contributed by atoms with Crippen molar-refractivity contribution in [2.75, 3.05) is 6.54 Å². The molecule has 0 atom stereocenters. The molecule has 1 amide bonds. The van der Waals surface area contributed by atoms with Crippen molar-refractivity contribution in [1.82, 2.24) is 5.32 Å². The number of nitrogens with one attached hydrogen (secondary N) is 1. The Morgan fingerprint density at radius 2 is 1.65 bits per heavy atom. The van der Waals surface area contributed by atoms with E-state index in [2.05, 4.69) is 0 Å². The first kappa shape index (κ1) is 15.8. The van der Waals surface area contributed by atoms with Crippen LogP contribution in [0, 0.1) is 5.41 Å². The molecule has 2 saturated heterocycles. The monoisotopic (exact) mass is 285 g/mol. The molecule has 0 aromatic carbocycles. The van der Waals surface area contributed by atoms with Gasteiger partial charge in [-0.25, -0.2) is 0 Å². The molecule has 3 aliphatic rings. The van der Waals surface area contributed by atoms with Crippen LogP contribution in [-0.2, 0) is 4.79 Å². The molecule has 1 aliphatic carbocycles. The average molecular weight is 285 g/mol. The van der Waals surface area contributed by atoms with Crippen molar-refractivity contribution in [2.24, 2.45) is 5.41 Å². The van der Waals surface area contributed by atoms with Gasteiger partial charge in [0.05, 0.1) is 0 Å². The van der Waals surface area contributed by atoms with E-state index < -0.39 is 49.2 Å². The first-order valence-corrected chi connectivity index (χ1v) is 4.59. The van der Waals surface area contributed by atoms with Crippen molar-refractivity contribution >= 4 is 12.9 Å². The summed E-state index contributed by atoms with van der Waals surface area (Å²) in [6.45, 7) is -6.10. The average Bonchev–Trinajstić information content (AvgIpc) is 1.97. The van der Waals surface area contributed by atoms with Gasteiger partial charge in [-0.1, -0.05) is 0 Å². The third-order valence-corrected chi connectivity index (χ3v) is 3.58. The predicted octanol–water partition coefficient (Wildman–Crippen LogP) is -0.949. The first-order chi connectivity index (χ1) is 7.04. The molecule has 0 radical (unpaired) electrons. The van der Waals surface area contributed by atoms with Crippen LogP contribution in [0.4, 0.5) is 26.1 Å². The predicted molar refractivity (Wildman–Crippen MR) is 42.5 cm³/mol. The number of amides is 1. The van der Waals surface area contributed by atoms with Gasteiger partial charge in [0.1, 0.15) is 5.41 Å². The molecule has 0 aromatic heterocycles. The fourth-order valence-electron chi connectivity index (χ4n) is 2.54. The molecule has 0 unspecified atom stereocenters. The van der Waals surface area contributed by atoms with E-state index >= 15 is 0 Å². The van der Waals surface area contributed by atoms with E-state index in [9.17, 15) is 30.9 Å². The zero-order valence-corrected chi connectivity index (χ0v) is 12.0. The number of fused-ring (bicyclic) bond motifs is 2. The van der Waals surface area contributed by atoms with Crippen LogP contribution in [0.15, 0.2) is 0 Å². The fraction of sp³-hybridized carbons (Fsp3) is 0.857. The number of rotatable bonds is 1. The largest absolute Gasteiger partial charge is 1.00 e. The molecule has 2 bridgehead atoms. The zero-order valence-electron chi connectivity index (χ0n) is 8.87. The van der Waals surface area contributed by atoms with Gasteiger partial charge < -0.3 is 18.3 Å². The summed E-state index contributed by atoms with van der Waals surface area (Å²) in [5.74, 6) is -1.33. The fourth-order valence-corrected chi connectivity index (χ4v) is 2.54. The van der Waals surface area contributed by atoms with Gasteiger partial charge in [0, 0.05) is 0 Å². The second-order valence-corrected chi connectivity index (χ2v) is 4.55. The SMILES string of the molecule is O=C1NCC2([B-](F)(F)F)CC1(C(F)(F)F)C2.[K+]. The molecule has 92 valence electrons. The summed E-state index contributed by atoms with van der Waals surface area (Å²) in [6, 6.07) is 0. The first-order valence-electron chi connectivity index (χ1n) is 4.59. The molecule has 2 aliphatic heterocycles. The zero-order chi connectivity index (χ0) is 12.4. The van der Waals surface area contributed by atoms with Crippen molar-refractivity contribution in [1.29, 1.82) is 0 Å². The van der Waals surface area contributed by atoms with Gasteiger partial charge in [-0.2, -0.15) is 13.2 Å². The number of halogens is 6. The van der Waals surface area contributed by atoms with E-state index in [-0.39, 0.29) is 51.4 Å². The third kappa shape index (κ3) is 1.99. The molecular weight excluding hydrogens is 278 g/mol.